The lowest BCUT2D eigenvalue weighted by molar-refractivity contribution is 0.434. The molecule has 0 aromatic heterocycles. The molecule has 0 saturated heterocycles. The fourth-order valence-corrected chi connectivity index (χ4v) is 7.02. The van der Waals surface area contributed by atoms with Crippen LogP contribution in [-0.4, -0.2) is 21.5 Å². The summed E-state index contributed by atoms with van der Waals surface area (Å²) in [7, 11) is 0. The lowest BCUT2D eigenvalue weighted by atomic mass is 9.78. The maximum absolute atomic E-state index is 12.0. The molecule has 5 nitrogen and oxygen atoms in total. The third kappa shape index (κ3) is 10.2. The van der Waals surface area contributed by atoms with Gasteiger partial charge in [0.05, 0.1) is 11.4 Å². The number of aromatic hydroxyl groups is 3. The first-order chi connectivity index (χ1) is 25.3. The fraction of sp³-hybridized carbons (Fsp3) is 0.510. The highest BCUT2D eigenvalue weighted by molar-refractivity contribution is 5.88. The van der Waals surface area contributed by atoms with Crippen LogP contribution in [0.25, 0.3) is 0 Å². The summed E-state index contributed by atoms with van der Waals surface area (Å²) < 4.78 is 0. The molecule has 0 saturated carbocycles. The second-order valence-corrected chi connectivity index (χ2v) is 22.1. The van der Waals surface area contributed by atoms with E-state index in [1.165, 1.54) is 0 Å². The maximum atomic E-state index is 12.0. The van der Waals surface area contributed by atoms with E-state index >= 15 is 0 Å². The zero-order valence-corrected chi connectivity index (χ0v) is 38.0. The van der Waals surface area contributed by atoms with Crippen molar-refractivity contribution in [3.63, 3.8) is 0 Å². The minimum atomic E-state index is -0.288. The van der Waals surface area contributed by atoms with Gasteiger partial charge in [-0.15, -0.1) is 0 Å². The number of nitrogens with zero attached hydrogens (tertiary/aromatic N) is 2. The van der Waals surface area contributed by atoms with E-state index in [4.69, 9.17) is 4.99 Å². The predicted molar refractivity (Wildman–Crippen MR) is 240 cm³/mol. The van der Waals surface area contributed by atoms with Gasteiger partial charge in [-0.05, 0) is 90.6 Å². The largest absolute Gasteiger partial charge is 0.507 e. The average Bonchev–Trinajstić information content (AvgIpc) is 3.02. The first-order valence-electron chi connectivity index (χ1n) is 20.3. The average molecular weight is 761 g/mol. The SMILES string of the molecule is CC(C)(C)c1cc(C=Nc2ccccc2N(Cc2cc(C(C)(C)C)cc(C(C)(C)C)c2O)Cc2cc(C(C)(C)C)cc(C(C)(C)C)c2O)c(O)c(C(C)(C)C)c1. The lowest BCUT2D eigenvalue weighted by Gasteiger charge is -2.32. The molecule has 4 rings (SSSR count). The van der Waals surface area contributed by atoms with Gasteiger partial charge in [0, 0.05) is 41.6 Å². The molecule has 0 unspecified atom stereocenters. The summed E-state index contributed by atoms with van der Waals surface area (Å²) in [6, 6.07) is 20.8. The zero-order chi connectivity index (χ0) is 42.6. The van der Waals surface area contributed by atoms with Gasteiger partial charge in [0.1, 0.15) is 17.2 Å². The second kappa shape index (κ2) is 15.3. The topological polar surface area (TPSA) is 76.3 Å². The summed E-state index contributed by atoms with van der Waals surface area (Å²) in [6.07, 6.45) is 1.78. The molecule has 0 aliphatic carbocycles. The van der Waals surface area contributed by atoms with Crippen LogP contribution in [0.5, 0.6) is 17.2 Å². The zero-order valence-electron chi connectivity index (χ0n) is 38.0. The molecule has 3 N–H and O–H groups in total. The summed E-state index contributed by atoms with van der Waals surface area (Å²) in [5.74, 6) is 0.817. The van der Waals surface area contributed by atoms with E-state index in [-0.39, 0.29) is 49.7 Å². The van der Waals surface area contributed by atoms with Gasteiger partial charge in [-0.25, -0.2) is 0 Å². The Morgan fingerprint density at radius 1 is 0.464 bits per heavy atom. The molecule has 0 aliphatic heterocycles. The molecule has 5 heteroatoms. The summed E-state index contributed by atoms with van der Waals surface area (Å²) in [5.41, 5.74) is 8.72. The van der Waals surface area contributed by atoms with Crippen LogP contribution in [0.15, 0.2) is 65.7 Å². The van der Waals surface area contributed by atoms with Gasteiger partial charge in [-0.3, -0.25) is 4.99 Å². The third-order valence-electron chi connectivity index (χ3n) is 10.8. The van der Waals surface area contributed by atoms with Crippen LogP contribution in [0.2, 0.25) is 0 Å². The number of aliphatic imine (C=N–C) groups is 1. The van der Waals surface area contributed by atoms with E-state index in [0.717, 1.165) is 55.9 Å². The Balaban J connectivity index is 2.02. The molecule has 0 heterocycles. The Labute approximate surface area is 339 Å². The number of phenolic OH excluding ortho intramolecular Hbond substituents is 3. The predicted octanol–water partition coefficient (Wildman–Crippen LogP) is 13.5. The molecule has 0 bridgehead atoms. The Morgan fingerprint density at radius 2 is 0.821 bits per heavy atom. The summed E-state index contributed by atoms with van der Waals surface area (Å²) in [5, 5.41) is 35.7. The summed E-state index contributed by atoms with van der Waals surface area (Å²) in [6.45, 7) is 39.7. The van der Waals surface area contributed by atoms with Crippen molar-refractivity contribution in [1.29, 1.82) is 0 Å². The minimum absolute atomic E-state index is 0.129. The van der Waals surface area contributed by atoms with Crippen molar-refractivity contribution >= 4 is 17.6 Å². The number of hydrogen-bond acceptors (Lipinski definition) is 5. The van der Waals surface area contributed by atoms with Crippen LogP contribution < -0.4 is 4.90 Å². The van der Waals surface area contributed by atoms with Gasteiger partial charge in [0.25, 0.3) is 0 Å². The van der Waals surface area contributed by atoms with Crippen LogP contribution in [0.1, 0.15) is 175 Å². The fourth-order valence-electron chi connectivity index (χ4n) is 7.02. The van der Waals surface area contributed by atoms with Crippen molar-refractivity contribution < 1.29 is 15.3 Å². The molecular formula is C51H72N2O3. The van der Waals surface area contributed by atoms with Crippen molar-refractivity contribution in [2.75, 3.05) is 4.90 Å². The van der Waals surface area contributed by atoms with Gasteiger partial charge in [0.2, 0.25) is 0 Å². The smallest absolute Gasteiger partial charge is 0.128 e. The molecule has 0 amide bonds. The van der Waals surface area contributed by atoms with E-state index in [9.17, 15) is 15.3 Å². The Morgan fingerprint density at radius 3 is 1.20 bits per heavy atom. The highest BCUT2D eigenvalue weighted by Crippen LogP contribution is 2.43. The number of benzene rings is 4. The van der Waals surface area contributed by atoms with E-state index in [1.54, 1.807) is 6.21 Å². The first-order valence-corrected chi connectivity index (χ1v) is 20.3. The number of rotatable bonds is 7. The first kappa shape index (κ1) is 44.5. The van der Waals surface area contributed by atoms with Crippen molar-refractivity contribution in [2.24, 2.45) is 4.99 Å². The van der Waals surface area contributed by atoms with Crippen molar-refractivity contribution in [3.05, 3.63) is 111 Å². The number of para-hydroxylation sites is 2. The van der Waals surface area contributed by atoms with E-state index in [2.05, 4.69) is 166 Å². The Bertz CT molecular complexity index is 2000. The van der Waals surface area contributed by atoms with Gasteiger partial charge in [-0.1, -0.05) is 155 Å². The van der Waals surface area contributed by atoms with E-state index < -0.39 is 0 Å². The molecule has 56 heavy (non-hydrogen) atoms. The van der Waals surface area contributed by atoms with Crippen molar-refractivity contribution in [2.45, 2.75) is 170 Å². The van der Waals surface area contributed by atoms with Crippen molar-refractivity contribution in [3.8, 4) is 17.2 Å². The quantitative estimate of drug-likeness (QED) is 0.164. The highest BCUT2D eigenvalue weighted by Gasteiger charge is 2.30. The van der Waals surface area contributed by atoms with Crippen LogP contribution >= 0.6 is 0 Å². The number of phenols is 3. The number of hydrogen-bond donors (Lipinski definition) is 3. The molecule has 0 fully saturated rings. The molecular weight excluding hydrogens is 689 g/mol. The van der Waals surface area contributed by atoms with Crippen LogP contribution in [0, 0.1) is 0 Å². The van der Waals surface area contributed by atoms with E-state index in [1.807, 2.05) is 24.3 Å². The summed E-state index contributed by atoms with van der Waals surface area (Å²) >= 11 is 0. The van der Waals surface area contributed by atoms with E-state index in [0.29, 0.717) is 18.7 Å². The van der Waals surface area contributed by atoms with Crippen LogP contribution in [0.4, 0.5) is 11.4 Å². The van der Waals surface area contributed by atoms with Gasteiger partial charge in [0.15, 0.2) is 0 Å². The molecule has 0 radical (unpaired) electrons. The normalized spacial score (nSPS) is 13.5. The van der Waals surface area contributed by atoms with Crippen LogP contribution in [0.3, 0.4) is 0 Å². The minimum Gasteiger partial charge on any atom is -0.507 e. The maximum Gasteiger partial charge on any atom is 0.128 e. The monoisotopic (exact) mass is 761 g/mol. The lowest BCUT2D eigenvalue weighted by Crippen LogP contribution is -2.25. The molecule has 304 valence electrons. The van der Waals surface area contributed by atoms with Gasteiger partial charge < -0.3 is 20.2 Å². The molecule has 0 spiro atoms. The Hall–Kier alpha value is -4.25. The Kier molecular flexibility index (Phi) is 12.1. The standard InChI is InChI=1S/C51H72N2O3/c1-46(2,3)35-23-32(43(54)38(26-35)49(10,11)12)29-52-41-21-19-20-22-42(41)53(30-33-24-36(47(4,5)6)27-39(44(33)55)50(13,14)15)31-34-25-37(48(7,8)9)28-40(45(34)56)51(16,17)18/h19-29,54-56H,30-31H2,1-18H3. The van der Waals surface area contributed by atoms with Crippen LogP contribution in [-0.2, 0) is 45.6 Å². The highest BCUT2D eigenvalue weighted by atomic mass is 16.3. The molecule has 4 aromatic rings. The third-order valence-corrected chi connectivity index (χ3v) is 10.8. The van der Waals surface area contributed by atoms with Gasteiger partial charge >= 0.3 is 0 Å². The van der Waals surface area contributed by atoms with Gasteiger partial charge in [-0.2, -0.15) is 0 Å². The molecule has 0 aliphatic rings. The summed E-state index contributed by atoms with van der Waals surface area (Å²) in [4.78, 5) is 7.33. The molecule has 0 atom stereocenters. The number of anilines is 1. The second-order valence-electron chi connectivity index (χ2n) is 22.1. The molecule has 4 aromatic carbocycles. The van der Waals surface area contributed by atoms with Crippen molar-refractivity contribution in [1.82, 2.24) is 0 Å².